The zero-order chi connectivity index (χ0) is 16.7. The van der Waals surface area contributed by atoms with Gasteiger partial charge in [-0.1, -0.05) is 11.2 Å². The lowest BCUT2D eigenvalue weighted by atomic mass is 9.83. The first kappa shape index (κ1) is 14.6. The minimum atomic E-state index is -0.655. The lowest BCUT2D eigenvalue weighted by Crippen LogP contribution is -2.31. The maximum atomic E-state index is 13.5. The van der Waals surface area contributed by atoms with Crippen molar-refractivity contribution in [2.24, 2.45) is 5.73 Å². The number of halogens is 1. The monoisotopic (exact) mass is 332 g/mol. The highest BCUT2D eigenvalue weighted by atomic mass is 19.1. The van der Waals surface area contributed by atoms with E-state index >= 15 is 0 Å². The van der Waals surface area contributed by atoms with Gasteiger partial charge in [0.15, 0.2) is 5.69 Å². The van der Waals surface area contributed by atoms with E-state index in [0.29, 0.717) is 25.3 Å². The summed E-state index contributed by atoms with van der Waals surface area (Å²) < 4.78 is 24.3. The maximum absolute atomic E-state index is 13.5. The molecule has 0 unspecified atom stereocenters. The van der Waals surface area contributed by atoms with E-state index < -0.39 is 5.76 Å². The number of nitrogens with zero attached hydrogens (tertiary/aromatic N) is 4. The van der Waals surface area contributed by atoms with Gasteiger partial charge in [-0.3, -0.25) is 4.52 Å². The zero-order valence-corrected chi connectivity index (χ0v) is 12.4. The number of hydrogen-bond acceptors (Lipinski definition) is 8. The van der Waals surface area contributed by atoms with E-state index in [4.69, 9.17) is 14.9 Å². The second-order valence-corrected chi connectivity index (χ2v) is 5.38. The molecule has 1 aromatic carbocycles. The zero-order valence-electron chi connectivity index (χ0n) is 12.4. The Morgan fingerprint density at radius 2 is 2.25 bits per heavy atom. The average Bonchev–Trinajstić information content (AvgIpc) is 3.16. The van der Waals surface area contributed by atoms with Crippen LogP contribution in [-0.4, -0.2) is 33.1 Å². The van der Waals surface area contributed by atoms with Crippen LogP contribution in [0.3, 0.4) is 0 Å². The van der Waals surface area contributed by atoms with Gasteiger partial charge < -0.3 is 11.1 Å². The molecule has 9 nitrogen and oxygen atoms in total. The number of anilines is 1. The van der Waals surface area contributed by atoms with Crippen molar-refractivity contribution in [1.82, 2.24) is 20.0 Å². The van der Waals surface area contributed by atoms with Gasteiger partial charge in [-0.05, 0) is 40.0 Å². The molecular weight excluding hydrogens is 319 g/mol. The van der Waals surface area contributed by atoms with Crippen LogP contribution in [0.15, 0.2) is 32.1 Å². The van der Waals surface area contributed by atoms with E-state index in [1.54, 1.807) is 6.07 Å². The van der Waals surface area contributed by atoms with E-state index in [1.165, 1.54) is 16.7 Å². The molecule has 0 spiro atoms. The second kappa shape index (κ2) is 5.57. The maximum Gasteiger partial charge on any atom is 0.442 e. The van der Waals surface area contributed by atoms with Crippen LogP contribution in [0.5, 0.6) is 0 Å². The quantitative estimate of drug-likeness (QED) is 0.693. The highest BCUT2D eigenvalue weighted by molar-refractivity contribution is 5.65. The van der Waals surface area contributed by atoms with Crippen LogP contribution in [0.2, 0.25) is 0 Å². The van der Waals surface area contributed by atoms with Gasteiger partial charge in [0.25, 0.3) is 0 Å². The van der Waals surface area contributed by atoms with Gasteiger partial charge in [0, 0.05) is 13.1 Å². The fraction of sp³-hybridized carbons (Fsp3) is 0.286. The third-order valence-electron chi connectivity index (χ3n) is 3.96. The second-order valence-electron chi connectivity index (χ2n) is 5.38. The third kappa shape index (κ3) is 2.19. The lowest BCUT2D eigenvalue weighted by Gasteiger charge is -2.30. The summed E-state index contributed by atoms with van der Waals surface area (Å²) in [5, 5.41) is 14.2. The van der Waals surface area contributed by atoms with Gasteiger partial charge in [-0.25, -0.2) is 18.4 Å². The summed E-state index contributed by atoms with van der Waals surface area (Å²) in [4.78, 5) is 12.1. The topological polar surface area (TPSA) is 125 Å². The van der Waals surface area contributed by atoms with Crippen molar-refractivity contribution < 1.29 is 13.5 Å². The normalized spacial score (nSPS) is 15.8. The summed E-state index contributed by atoms with van der Waals surface area (Å²) in [6.45, 7) is 0.827. The summed E-state index contributed by atoms with van der Waals surface area (Å²) in [5.74, 6) is -0.544. The standard InChI is InChI=1S/C14H13FN6O3/c15-8-2-1-7-5-10(9(7)6-8)21-13(20-23-14(21)22)11-12(17-4-3-16)19-24-18-11/h1-2,6,10H,3-5,16H2,(H,17,19)/t10-/m0/s1. The van der Waals surface area contributed by atoms with E-state index in [1.807, 2.05) is 0 Å². The third-order valence-corrected chi connectivity index (χ3v) is 3.96. The molecule has 10 heteroatoms. The van der Waals surface area contributed by atoms with Gasteiger partial charge in [0.05, 0.1) is 6.04 Å². The number of fused-ring (bicyclic) bond motifs is 1. The van der Waals surface area contributed by atoms with Crippen LogP contribution in [0.1, 0.15) is 17.2 Å². The average molecular weight is 332 g/mol. The van der Waals surface area contributed by atoms with Gasteiger partial charge in [0.2, 0.25) is 11.6 Å². The molecule has 2 aromatic heterocycles. The molecule has 1 aliphatic carbocycles. The van der Waals surface area contributed by atoms with Gasteiger partial charge in [-0.15, -0.1) is 0 Å². The van der Waals surface area contributed by atoms with Crippen molar-refractivity contribution in [2.75, 3.05) is 18.4 Å². The summed E-state index contributed by atoms with van der Waals surface area (Å²) in [6, 6.07) is 4.12. The summed E-state index contributed by atoms with van der Waals surface area (Å²) in [5.41, 5.74) is 7.37. The molecule has 1 atom stereocenters. The Kier molecular flexibility index (Phi) is 3.38. The van der Waals surface area contributed by atoms with Crippen LogP contribution in [0, 0.1) is 5.82 Å². The molecule has 4 rings (SSSR count). The minimum absolute atomic E-state index is 0.167. The number of hydrogen-bond donors (Lipinski definition) is 2. The van der Waals surface area contributed by atoms with Gasteiger partial charge >= 0.3 is 5.76 Å². The van der Waals surface area contributed by atoms with E-state index in [0.717, 1.165) is 11.1 Å². The SMILES string of the molecule is NCCNc1nonc1-c1noc(=O)n1[C@H]1Cc2ccc(F)cc21. The molecule has 1 aliphatic rings. The summed E-state index contributed by atoms with van der Waals surface area (Å²) >= 11 is 0. The highest BCUT2D eigenvalue weighted by Crippen LogP contribution is 2.38. The van der Waals surface area contributed by atoms with Crippen molar-refractivity contribution >= 4 is 5.82 Å². The van der Waals surface area contributed by atoms with E-state index in [2.05, 4.69) is 20.8 Å². The highest BCUT2D eigenvalue weighted by Gasteiger charge is 2.34. The minimum Gasteiger partial charge on any atom is -0.364 e. The fourth-order valence-corrected chi connectivity index (χ4v) is 2.81. The van der Waals surface area contributed by atoms with E-state index in [9.17, 15) is 9.18 Å². The first-order valence-electron chi connectivity index (χ1n) is 7.32. The largest absolute Gasteiger partial charge is 0.442 e. The number of benzene rings is 1. The molecular formula is C14H13FN6O3. The molecule has 0 saturated carbocycles. The van der Waals surface area contributed by atoms with Crippen molar-refractivity contribution in [1.29, 1.82) is 0 Å². The number of nitrogens with one attached hydrogen (secondary N) is 1. The molecule has 3 aromatic rings. The molecule has 0 fully saturated rings. The Labute approximate surface area is 134 Å². The number of rotatable bonds is 5. The van der Waals surface area contributed by atoms with E-state index in [-0.39, 0.29) is 23.4 Å². The summed E-state index contributed by atoms with van der Waals surface area (Å²) in [6.07, 6.45) is 0.570. The molecule has 0 radical (unpaired) electrons. The molecule has 2 heterocycles. The lowest BCUT2D eigenvalue weighted by molar-refractivity contribution is 0.309. The molecule has 0 bridgehead atoms. The molecule has 0 aliphatic heterocycles. The smallest absolute Gasteiger partial charge is 0.364 e. The van der Waals surface area contributed by atoms with Crippen molar-refractivity contribution in [2.45, 2.75) is 12.5 Å². The predicted molar refractivity (Wildman–Crippen MR) is 79.8 cm³/mol. The van der Waals surface area contributed by atoms with Crippen LogP contribution < -0.4 is 16.8 Å². The molecule has 0 amide bonds. The predicted octanol–water partition coefficient (Wildman–Crippen LogP) is 0.541. The van der Waals surface area contributed by atoms with Crippen LogP contribution >= 0.6 is 0 Å². The van der Waals surface area contributed by atoms with Gasteiger partial charge in [0.1, 0.15) is 5.82 Å². The molecule has 124 valence electrons. The molecule has 3 N–H and O–H groups in total. The first-order chi connectivity index (χ1) is 11.7. The Morgan fingerprint density at radius 1 is 1.38 bits per heavy atom. The number of nitrogens with two attached hydrogens (primary N) is 1. The van der Waals surface area contributed by atoms with Crippen molar-refractivity contribution in [3.63, 3.8) is 0 Å². The Balaban J connectivity index is 1.76. The van der Waals surface area contributed by atoms with Crippen LogP contribution in [0.4, 0.5) is 10.2 Å². The number of aromatic nitrogens is 4. The Morgan fingerprint density at radius 3 is 3.08 bits per heavy atom. The molecule has 0 saturated heterocycles. The fourth-order valence-electron chi connectivity index (χ4n) is 2.81. The Bertz CT molecular complexity index is 946. The first-order valence-corrected chi connectivity index (χ1v) is 7.32. The Hall–Kier alpha value is -3.01. The van der Waals surface area contributed by atoms with Crippen molar-refractivity contribution in [3.05, 3.63) is 45.7 Å². The van der Waals surface area contributed by atoms with Crippen LogP contribution in [-0.2, 0) is 6.42 Å². The van der Waals surface area contributed by atoms with Crippen LogP contribution in [0.25, 0.3) is 11.5 Å². The van der Waals surface area contributed by atoms with Crippen molar-refractivity contribution in [3.8, 4) is 11.5 Å². The summed E-state index contributed by atoms with van der Waals surface area (Å²) in [7, 11) is 0. The molecule has 24 heavy (non-hydrogen) atoms. The van der Waals surface area contributed by atoms with Gasteiger partial charge in [-0.2, -0.15) is 0 Å².